The third kappa shape index (κ3) is 2.89. The van der Waals surface area contributed by atoms with Crippen molar-refractivity contribution < 1.29 is 4.39 Å². The number of hydrogen-bond donors (Lipinski definition) is 0. The van der Waals surface area contributed by atoms with Crippen LogP contribution >= 0.6 is 23.2 Å². The Bertz CT molecular complexity index is 374. The molecule has 0 aliphatic rings. The molecule has 0 N–H and O–H groups in total. The second-order valence-electron chi connectivity index (χ2n) is 4.63. The second-order valence-corrected chi connectivity index (χ2v) is 5.51. The van der Waals surface area contributed by atoms with E-state index in [0.717, 1.165) is 5.56 Å². The molecule has 0 amide bonds. The lowest BCUT2D eigenvalue weighted by Gasteiger charge is -2.23. The molecule has 0 saturated heterocycles. The van der Waals surface area contributed by atoms with Crippen molar-refractivity contribution in [2.75, 3.05) is 0 Å². The number of hydrogen-bond acceptors (Lipinski definition) is 0. The van der Waals surface area contributed by atoms with Gasteiger partial charge in [0.15, 0.2) is 0 Å². The van der Waals surface area contributed by atoms with Gasteiger partial charge < -0.3 is 0 Å². The minimum absolute atomic E-state index is 0.174. The van der Waals surface area contributed by atoms with E-state index in [2.05, 4.69) is 20.8 Å². The molecule has 0 heterocycles. The van der Waals surface area contributed by atoms with Crippen LogP contribution in [-0.4, -0.2) is 0 Å². The third-order valence-corrected chi connectivity index (χ3v) is 4.05. The lowest BCUT2D eigenvalue weighted by atomic mass is 9.90. The molecule has 90 valence electrons. The predicted octanol–water partition coefficient (Wildman–Crippen LogP) is 5.36. The van der Waals surface area contributed by atoms with E-state index in [0.29, 0.717) is 22.4 Å². The fraction of sp³-hybridized carbons (Fsp3) is 0.538. The van der Waals surface area contributed by atoms with Gasteiger partial charge in [0.05, 0.1) is 5.38 Å². The molecule has 1 rings (SSSR count). The molecule has 0 bridgehead atoms. The fourth-order valence-electron chi connectivity index (χ4n) is 1.51. The van der Waals surface area contributed by atoms with Crippen molar-refractivity contribution in [3.8, 4) is 0 Å². The first kappa shape index (κ1) is 13.8. The molecule has 2 unspecified atom stereocenters. The number of benzene rings is 1. The predicted molar refractivity (Wildman–Crippen MR) is 68.7 cm³/mol. The summed E-state index contributed by atoms with van der Waals surface area (Å²) in [5, 5.41) is 0.238. The standard InChI is InChI=1S/C13H17Cl2F/c1-7(2)9(4)13(15)10-5-8(3)12(16)6-11(10)14/h5-7,9,13H,1-4H3. The summed E-state index contributed by atoms with van der Waals surface area (Å²) < 4.78 is 13.3. The average molecular weight is 263 g/mol. The van der Waals surface area contributed by atoms with Crippen LogP contribution in [-0.2, 0) is 0 Å². The minimum atomic E-state index is -0.283. The van der Waals surface area contributed by atoms with Crippen molar-refractivity contribution >= 4 is 23.2 Å². The minimum Gasteiger partial charge on any atom is -0.207 e. The number of aryl methyl sites for hydroxylation is 1. The molecule has 3 heteroatoms. The third-order valence-electron chi connectivity index (χ3n) is 3.09. The van der Waals surface area contributed by atoms with Crippen molar-refractivity contribution in [1.29, 1.82) is 0 Å². The van der Waals surface area contributed by atoms with Crippen LogP contribution in [0.1, 0.15) is 37.3 Å². The van der Waals surface area contributed by atoms with Crippen LogP contribution in [0.15, 0.2) is 12.1 Å². The summed E-state index contributed by atoms with van der Waals surface area (Å²) in [6.07, 6.45) is 0. The molecule has 1 aromatic rings. The van der Waals surface area contributed by atoms with Gasteiger partial charge in [0.1, 0.15) is 5.82 Å². The Balaban J connectivity index is 3.08. The van der Waals surface area contributed by atoms with Crippen LogP contribution < -0.4 is 0 Å². The summed E-state index contributed by atoms with van der Waals surface area (Å²) in [6.45, 7) is 8.03. The molecule has 0 radical (unpaired) electrons. The van der Waals surface area contributed by atoms with E-state index in [1.165, 1.54) is 6.07 Å². The molecule has 16 heavy (non-hydrogen) atoms. The van der Waals surface area contributed by atoms with Gasteiger partial charge in [-0.05, 0) is 36.0 Å². The zero-order valence-corrected chi connectivity index (χ0v) is 11.5. The summed E-state index contributed by atoms with van der Waals surface area (Å²) in [7, 11) is 0. The summed E-state index contributed by atoms with van der Waals surface area (Å²) in [5.74, 6) is 0.475. The molecule has 0 saturated carbocycles. The van der Waals surface area contributed by atoms with Gasteiger partial charge in [-0.15, -0.1) is 11.6 Å². The van der Waals surface area contributed by atoms with Gasteiger partial charge in [-0.1, -0.05) is 38.4 Å². The highest BCUT2D eigenvalue weighted by Gasteiger charge is 2.22. The van der Waals surface area contributed by atoms with Crippen molar-refractivity contribution in [2.45, 2.75) is 33.1 Å². The molecule has 0 nitrogen and oxygen atoms in total. The molecule has 0 spiro atoms. The summed E-state index contributed by atoms with van der Waals surface area (Å²) in [4.78, 5) is 0. The van der Waals surface area contributed by atoms with Crippen LogP contribution in [0, 0.1) is 24.6 Å². The van der Waals surface area contributed by atoms with Crippen LogP contribution in [0.4, 0.5) is 4.39 Å². The fourth-order valence-corrected chi connectivity index (χ4v) is 2.31. The summed E-state index contributed by atoms with van der Waals surface area (Å²) >= 11 is 12.4. The lowest BCUT2D eigenvalue weighted by Crippen LogP contribution is -2.11. The number of halogens is 3. The van der Waals surface area contributed by atoms with E-state index in [1.807, 2.05) is 0 Å². The van der Waals surface area contributed by atoms with E-state index >= 15 is 0 Å². The van der Waals surface area contributed by atoms with Gasteiger partial charge in [0.25, 0.3) is 0 Å². The van der Waals surface area contributed by atoms with Crippen molar-refractivity contribution in [3.05, 3.63) is 34.1 Å². The van der Waals surface area contributed by atoms with E-state index in [1.54, 1.807) is 13.0 Å². The Morgan fingerprint density at radius 2 is 1.75 bits per heavy atom. The lowest BCUT2D eigenvalue weighted by molar-refractivity contribution is 0.406. The van der Waals surface area contributed by atoms with E-state index < -0.39 is 0 Å². The molecule has 0 aliphatic carbocycles. The summed E-state index contributed by atoms with van der Waals surface area (Å²) in [5.41, 5.74) is 1.41. The highest BCUT2D eigenvalue weighted by molar-refractivity contribution is 6.32. The summed E-state index contributed by atoms with van der Waals surface area (Å²) in [6, 6.07) is 3.09. The van der Waals surface area contributed by atoms with Gasteiger partial charge in [-0.3, -0.25) is 0 Å². The SMILES string of the molecule is Cc1cc(C(Cl)C(C)C(C)C)c(Cl)cc1F. The zero-order valence-electron chi connectivity index (χ0n) is 10.0. The van der Waals surface area contributed by atoms with Crippen LogP contribution in [0.25, 0.3) is 0 Å². The molecule has 0 fully saturated rings. The van der Waals surface area contributed by atoms with E-state index in [-0.39, 0.29) is 11.2 Å². The maximum absolute atomic E-state index is 13.3. The zero-order chi connectivity index (χ0) is 12.5. The van der Waals surface area contributed by atoms with Crippen molar-refractivity contribution in [1.82, 2.24) is 0 Å². The quantitative estimate of drug-likeness (QED) is 0.644. The molecule has 1 aromatic carbocycles. The maximum Gasteiger partial charge on any atom is 0.127 e. The largest absolute Gasteiger partial charge is 0.207 e. The molecular weight excluding hydrogens is 246 g/mol. The van der Waals surface area contributed by atoms with E-state index in [4.69, 9.17) is 23.2 Å². The normalized spacial score (nSPS) is 15.2. The average Bonchev–Trinajstić information content (AvgIpc) is 2.21. The van der Waals surface area contributed by atoms with Crippen molar-refractivity contribution in [2.24, 2.45) is 11.8 Å². The first-order valence-electron chi connectivity index (χ1n) is 5.44. The molecule has 0 aliphatic heterocycles. The first-order valence-corrected chi connectivity index (χ1v) is 6.25. The monoisotopic (exact) mass is 262 g/mol. The Morgan fingerprint density at radius 1 is 1.19 bits per heavy atom. The van der Waals surface area contributed by atoms with Crippen LogP contribution in [0.2, 0.25) is 5.02 Å². The second kappa shape index (κ2) is 5.37. The molecular formula is C13H17Cl2F. The smallest absolute Gasteiger partial charge is 0.127 e. The van der Waals surface area contributed by atoms with Crippen molar-refractivity contribution in [3.63, 3.8) is 0 Å². The van der Waals surface area contributed by atoms with Gasteiger partial charge >= 0.3 is 0 Å². The van der Waals surface area contributed by atoms with Crippen LogP contribution in [0.5, 0.6) is 0 Å². The van der Waals surface area contributed by atoms with Crippen LogP contribution in [0.3, 0.4) is 0 Å². The Kier molecular flexibility index (Phi) is 4.63. The maximum atomic E-state index is 13.3. The Morgan fingerprint density at radius 3 is 2.25 bits per heavy atom. The van der Waals surface area contributed by atoms with Gasteiger partial charge in [0, 0.05) is 5.02 Å². The number of alkyl halides is 1. The Labute approximate surface area is 107 Å². The molecule has 2 atom stereocenters. The Hall–Kier alpha value is -0.270. The topological polar surface area (TPSA) is 0 Å². The highest BCUT2D eigenvalue weighted by Crippen LogP contribution is 2.38. The highest BCUT2D eigenvalue weighted by atomic mass is 35.5. The van der Waals surface area contributed by atoms with Gasteiger partial charge in [-0.25, -0.2) is 4.39 Å². The molecule has 0 aromatic heterocycles. The van der Waals surface area contributed by atoms with E-state index in [9.17, 15) is 4.39 Å². The first-order chi connectivity index (χ1) is 7.34. The van der Waals surface area contributed by atoms with Gasteiger partial charge in [0.2, 0.25) is 0 Å². The van der Waals surface area contributed by atoms with Gasteiger partial charge in [-0.2, -0.15) is 0 Å². The number of rotatable bonds is 3.